The van der Waals surface area contributed by atoms with Crippen molar-refractivity contribution in [3.63, 3.8) is 0 Å². The Bertz CT molecular complexity index is 1140. The summed E-state index contributed by atoms with van der Waals surface area (Å²) >= 11 is 0. The Kier molecular flexibility index (Phi) is 5.66. The molecular weight excluding hydrogens is 396 g/mol. The van der Waals surface area contributed by atoms with E-state index in [-0.39, 0.29) is 24.3 Å². The number of pyridine rings is 1. The van der Waals surface area contributed by atoms with Gasteiger partial charge in [0.05, 0.1) is 23.7 Å². The summed E-state index contributed by atoms with van der Waals surface area (Å²) in [6, 6.07) is 11.0. The lowest BCUT2D eigenvalue weighted by Gasteiger charge is -2.21. The predicted molar refractivity (Wildman–Crippen MR) is 114 cm³/mol. The number of benzene rings is 1. The summed E-state index contributed by atoms with van der Waals surface area (Å²) in [6.45, 7) is 4.11. The Morgan fingerprint density at radius 2 is 1.90 bits per heavy atom. The highest BCUT2D eigenvalue weighted by Crippen LogP contribution is 2.22. The summed E-state index contributed by atoms with van der Waals surface area (Å²) < 4.78 is 1.84. The number of hydrogen-bond donors (Lipinski definition) is 3. The van der Waals surface area contributed by atoms with Crippen molar-refractivity contribution < 1.29 is 14.4 Å². The van der Waals surface area contributed by atoms with E-state index in [1.54, 1.807) is 24.3 Å². The van der Waals surface area contributed by atoms with Gasteiger partial charge in [0.15, 0.2) is 11.5 Å². The molecule has 0 spiro atoms. The molecule has 0 bridgehead atoms. The van der Waals surface area contributed by atoms with Crippen LogP contribution in [-0.4, -0.2) is 38.4 Å². The van der Waals surface area contributed by atoms with E-state index in [9.17, 15) is 14.4 Å². The number of carbonyl (C=O) groups excluding carboxylic acids is 3. The lowest BCUT2D eigenvalue weighted by atomic mass is 10.0. The van der Waals surface area contributed by atoms with Crippen molar-refractivity contribution in [1.82, 2.24) is 25.2 Å². The fraction of sp³-hybridized carbons (Fsp3) is 0.318. The van der Waals surface area contributed by atoms with Crippen LogP contribution in [0.4, 0.5) is 5.69 Å². The molecule has 0 aliphatic carbocycles. The molecule has 1 aliphatic rings. The Morgan fingerprint density at radius 1 is 1.13 bits per heavy atom. The van der Waals surface area contributed by atoms with Gasteiger partial charge in [0.2, 0.25) is 11.8 Å². The minimum Gasteiger partial charge on any atom is -0.346 e. The number of aromatic nitrogens is 3. The first-order chi connectivity index (χ1) is 14.9. The van der Waals surface area contributed by atoms with Gasteiger partial charge in [-0.3, -0.25) is 18.8 Å². The van der Waals surface area contributed by atoms with Gasteiger partial charge in [-0.05, 0) is 36.6 Å². The number of nitrogens with one attached hydrogen (secondary N) is 3. The normalized spacial score (nSPS) is 16.9. The quantitative estimate of drug-likeness (QED) is 0.564. The van der Waals surface area contributed by atoms with Crippen LogP contribution in [0.15, 0.2) is 48.7 Å². The van der Waals surface area contributed by atoms with Gasteiger partial charge in [-0.25, -0.2) is 0 Å². The van der Waals surface area contributed by atoms with Crippen molar-refractivity contribution in [2.75, 3.05) is 5.32 Å². The second-order valence-corrected chi connectivity index (χ2v) is 8.00. The first-order valence-corrected chi connectivity index (χ1v) is 10.2. The fourth-order valence-corrected chi connectivity index (χ4v) is 3.69. The number of carbonyl (C=O) groups is 3. The van der Waals surface area contributed by atoms with Crippen molar-refractivity contribution in [3.8, 4) is 0 Å². The molecule has 1 aliphatic heterocycles. The lowest BCUT2D eigenvalue weighted by molar-refractivity contribution is -0.126. The summed E-state index contributed by atoms with van der Waals surface area (Å²) in [7, 11) is 0. The third-order valence-electron chi connectivity index (χ3n) is 5.13. The Labute approximate surface area is 179 Å². The zero-order valence-electron chi connectivity index (χ0n) is 17.3. The van der Waals surface area contributed by atoms with Crippen LogP contribution >= 0.6 is 0 Å². The van der Waals surface area contributed by atoms with E-state index >= 15 is 0 Å². The number of amides is 3. The van der Waals surface area contributed by atoms with Crippen LogP contribution in [0.5, 0.6) is 0 Å². The Morgan fingerprint density at radius 3 is 2.71 bits per heavy atom. The third kappa shape index (κ3) is 4.40. The maximum absolute atomic E-state index is 12.9. The molecule has 0 radical (unpaired) electrons. The average molecular weight is 420 g/mol. The number of anilines is 1. The molecule has 0 unspecified atom stereocenters. The van der Waals surface area contributed by atoms with Gasteiger partial charge >= 0.3 is 0 Å². The minimum absolute atomic E-state index is 0.184. The van der Waals surface area contributed by atoms with E-state index in [1.165, 1.54) is 0 Å². The van der Waals surface area contributed by atoms with E-state index < -0.39 is 17.9 Å². The number of nitrogens with zero attached hydrogens (tertiary/aromatic N) is 3. The number of rotatable bonds is 6. The molecule has 0 fully saturated rings. The SMILES string of the molecule is CC(C)C[C@H](NC(=O)C[C@@H]1NC(=O)c2ccccc2NC1=O)c1nnc2ccccn12. The maximum atomic E-state index is 12.9. The van der Waals surface area contributed by atoms with Crippen LogP contribution in [0.1, 0.15) is 48.9 Å². The van der Waals surface area contributed by atoms with E-state index in [2.05, 4.69) is 40.0 Å². The zero-order valence-corrected chi connectivity index (χ0v) is 17.3. The van der Waals surface area contributed by atoms with Crippen molar-refractivity contribution in [1.29, 1.82) is 0 Å². The summed E-state index contributed by atoms with van der Waals surface area (Å²) in [5.41, 5.74) is 1.49. The maximum Gasteiger partial charge on any atom is 0.254 e. The smallest absolute Gasteiger partial charge is 0.254 e. The fourth-order valence-electron chi connectivity index (χ4n) is 3.69. The van der Waals surface area contributed by atoms with Crippen molar-refractivity contribution in [3.05, 3.63) is 60.0 Å². The highest BCUT2D eigenvalue weighted by Gasteiger charge is 2.30. The molecule has 3 aromatic rings. The summed E-state index contributed by atoms with van der Waals surface area (Å²) in [6.07, 6.45) is 2.31. The summed E-state index contributed by atoms with van der Waals surface area (Å²) in [5.74, 6) is -0.267. The number of hydrogen-bond acceptors (Lipinski definition) is 5. The molecule has 0 saturated heterocycles. The van der Waals surface area contributed by atoms with Gasteiger partial charge in [-0.2, -0.15) is 0 Å². The highest BCUT2D eigenvalue weighted by atomic mass is 16.2. The first-order valence-electron chi connectivity index (χ1n) is 10.2. The highest BCUT2D eigenvalue weighted by molar-refractivity contribution is 6.10. The molecule has 0 saturated carbocycles. The number of fused-ring (bicyclic) bond motifs is 2. The molecule has 2 atom stereocenters. The van der Waals surface area contributed by atoms with Crippen LogP contribution in [0.3, 0.4) is 0 Å². The van der Waals surface area contributed by atoms with Crippen LogP contribution in [-0.2, 0) is 9.59 Å². The molecule has 31 heavy (non-hydrogen) atoms. The molecule has 9 heteroatoms. The third-order valence-corrected chi connectivity index (χ3v) is 5.13. The molecular formula is C22H24N6O3. The second-order valence-electron chi connectivity index (χ2n) is 8.00. The minimum atomic E-state index is -0.977. The monoisotopic (exact) mass is 420 g/mol. The van der Waals surface area contributed by atoms with E-state index in [0.29, 0.717) is 29.1 Å². The molecule has 160 valence electrons. The summed E-state index contributed by atoms with van der Waals surface area (Å²) in [4.78, 5) is 38.0. The Hall–Kier alpha value is -3.75. The standard InChI is InChI=1S/C22H24N6O3/c1-13(2)11-16(20-27-26-18-9-5-6-10-28(18)20)23-19(29)12-17-22(31)24-15-8-4-3-7-14(15)21(30)25-17/h3-10,13,16-17H,11-12H2,1-2H3,(H,23,29)(H,24,31)(H,25,30)/t16-,17-/m0/s1. The van der Waals surface area contributed by atoms with Gasteiger partial charge in [0.25, 0.3) is 5.91 Å². The zero-order chi connectivity index (χ0) is 22.0. The molecule has 3 heterocycles. The number of para-hydroxylation sites is 1. The van der Waals surface area contributed by atoms with Gasteiger partial charge in [-0.1, -0.05) is 32.0 Å². The van der Waals surface area contributed by atoms with Gasteiger partial charge in [-0.15, -0.1) is 10.2 Å². The topological polar surface area (TPSA) is 117 Å². The van der Waals surface area contributed by atoms with Crippen LogP contribution in [0.2, 0.25) is 0 Å². The van der Waals surface area contributed by atoms with E-state index in [1.807, 2.05) is 28.8 Å². The average Bonchev–Trinajstić information content (AvgIpc) is 3.12. The molecule has 2 aromatic heterocycles. The first kappa shape index (κ1) is 20.5. The summed E-state index contributed by atoms with van der Waals surface area (Å²) in [5, 5.41) is 16.8. The van der Waals surface area contributed by atoms with Crippen molar-refractivity contribution in [2.24, 2.45) is 5.92 Å². The van der Waals surface area contributed by atoms with Gasteiger partial charge < -0.3 is 16.0 Å². The molecule has 9 nitrogen and oxygen atoms in total. The van der Waals surface area contributed by atoms with Crippen LogP contribution in [0, 0.1) is 5.92 Å². The van der Waals surface area contributed by atoms with Crippen LogP contribution in [0.25, 0.3) is 5.65 Å². The molecule has 1 aromatic carbocycles. The van der Waals surface area contributed by atoms with Gasteiger partial charge in [0.1, 0.15) is 6.04 Å². The largest absolute Gasteiger partial charge is 0.346 e. The lowest BCUT2D eigenvalue weighted by Crippen LogP contribution is -2.45. The van der Waals surface area contributed by atoms with Crippen molar-refractivity contribution >= 4 is 29.1 Å². The van der Waals surface area contributed by atoms with Crippen molar-refractivity contribution in [2.45, 2.75) is 38.8 Å². The molecule has 3 amide bonds. The predicted octanol–water partition coefficient (Wildman–Crippen LogP) is 2.07. The second kappa shape index (κ2) is 8.55. The molecule has 4 rings (SSSR count). The van der Waals surface area contributed by atoms with E-state index in [4.69, 9.17) is 0 Å². The van der Waals surface area contributed by atoms with Gasteiger partial charge in [0, 0.05) is 6.20 Å². The van der Waals surface area contributed by atoms with Crippen LogP contribution < -0.4 is 16.0 Å². The Balaban J connectivity index is 1.50. The molecule has 3 N–H and O–H groups in total. The van der Waals surface area contributed by atoms with E-state index in [0.717, 1.165) is 0 Å².